The third kappa shape index (κ3) is 37.1. The van der Waals surface area contributed by atoms with E-state index in [0.29, 0.717) is 48.4 Å². The van der Waals surface area contributed by atoms with E-state index in [0.717, 1.165) is 48.3 Å². The van der Waals surface area contributed by atoms with Crippen molar-refractivity contribution in [1.29, 1.82) is 0 Å². The first-order valence-corrected chi connectivity index (χ1v) is 18.1. The third-order valence-corrected chi connectivity index (χ3v) is 6.28. The Morgan fingerprint density at radius 3 is 0.750 bits per heavy atom. The number of allylic oxidation sites excluding steroid dienone is 8. The Hall–Kier alpha value is -3.92. The summed E-state index contributed by atoms with van der Waals surface area (Å²) in [6.45, 7) is 16.9. The van der Waals surface area contributed by atoms with Gasteiger partial charge in [-0.2, -0.15) is 0 Å². The molecular formula is C44H54Ho2N4O10. The van der Waals surface area contributed by atoms with E-state index in [1.165, 1.54) is 55.4 Å². The first kappa shape index (κ1) is 62.7. The summed E-state index contributed by atoms with van der Waals surface area (Å²) in [6.07, 6.45) is 12.2. The van der Waals surface area contributed by atoms with Crippen LogP contribution < -0.4 is 30.6 Å². The molecule has 0 radical (unpaired) electrons. The van der Waals surface area contributed by atoms with Gasteiger partial charge in [0.15, 0.2) is 23.1 Å². The van der Waals surface area contributed by atoms with Crippen LogP contribution in [0.15, 0.2) is 91.6 Å². The van der Waals surface area contributed by atoms with Gasteiger partial charge >= 0.3 is 75.5 Å². The van der Waals surface area contributed by atoms with Crippen LogP contribution in [0.1, 0.15) is 102 Å². The zero-order chi connectivity index (χ0) is 44.8. The fourth-order valence-corrected chi connectivity index (χ4v) is 4.35. The van der Waals surface area contributed by atoms with Crippen LogP contribution in [0, 0.1) is 89.3 Å². The zero-order valence-electron chi connectivity index (χ0n) is 35.6. The summed E-state index contributed by atoms with van der Waals surface area (Å²) >= 11 is 0. The molecule has 16 heteroatoms. The van der Waals surface area contributed by atoms with E-state index in [1.54, 1.807) is 24.9 Å². The van der Waals surface area contributed by atoms with E-state index in [4.69, 9.17) is 0 Å². The number of benzene rings is 2. The van der Waals surface area contributed by atoms with Crippen molar-refractivity contribution in [3.8, 4) is 11.5 Å². The van der Waals surface area contributed by atoms with Crippen molar-refractivity contribution in [2.45, 2.75) is 82.1 Å². The van der Waals surface area contributed by atoms with Crippen molar-refractivity contribution in [1.82, 2.24) is 0 Å². The molecule has 0 aliphatic carbocycles. The van der Waals surface area contributed by atoms with Gasteiger partial charge in [0.2, 0.25) is 0 Å². The SMILES string of the molecule is CC(=O)/C=C(/C)[O-].CC(=O)/C=C(/C)[O-].CC(=O)/C=C(/C)[O-].CC(=O)/C=C(/C)[O-].Cc1cc2c([O-])c(c1)C=NCCCN=Cc1cc(C)cc(c1[O-])C=NCCCN=C2.[Ho+3].[Ho+3]. The van der Waals surface area contributed by atoms with Gasteiger partial charge in [-0.15, -0.1) is 23.0 Å². The Kier molecular flexibility index (Phi) is 38.6. The van der Waals surface area contributed by atoms with Crippen molar-refractivity contribution < 1.29 is 125 Å². The summed E-state index contributed by atoms with van der Waals surface area (Å²) in [5.41, 5.74) is 4.28. The molecule has 0 spiro atoms. The average molecular weight is 1130 g/mol. The Labute approximate surface area is 414 Å². The Morgan fingerprint density at radius 2 is 0.617 bits per heavy atom. The number of hydrogen-bond donors (Lipinski definition) is 0. The van der Waals surface area contributed by atoms with Crippen molar-refractivity contribution in [2.24, 2.45) is 20.0 Å². The van der Waals surface area contributed by atoms with Crippen LogP contribution >= 0.6 is 0 Å². The molecule has 0 fully saturated rings. The number of carbonyl (C=O) groups excluding carboxylic acids is 4. The number of fused-ring (bicyclic) bond motifs is 4. The van der Waals surface area contributed by atoms with Gasteiger partial charge in [-0.3, -0.25) is 39.1 Å². The molecule has 0 saturated carbocycles. The van der Waals surface area contributed by atoms with Gasteiger partial charge in [-0.25, -0.2) is 0 Å². The largest absolute Gasteiger partial charge is 3.00 e. The van der Waals surface area contributed by atoms with E-state index in [1.807, 2.05) is 38.1 Å². The first-order valence-electron chi connectivity index (χ1n) is 18.1. The molecule has 3 rings (SSSR count). The van der Waals surface area contributed by atoms with Gasteiger partial charge in [0, 0.05) is 51.0 Å². The van der Waals surface area contributed by atoms with E-state index < -0.39 is 0 Å². The molecule has 60 heavy (non-hydrogen) atoms. The maximum absolute atomic E-state index is 12.6. The number of hydrogen-bond acceptors (Lipinski definition) is 14. The van der Waals surface area contributed by atoms with Crippen LogP contribution in [0.4, 0.5) is 0 Å². The number of nitrogens with zero attached hydrogens (tertiary/aromatic N) is 4. The molecule has 0 N–H and O–H groups in total. The zero-order valence-corrected chi connectivity index (χ0v) is 39.5. The van der Waals surface area contributed by atoms with Crippen molar-refractivity contribution in [3.63, 3.8) is 0 Å². The summed E-state index contributed by atoms with van der Waals surface area (Å²) in [7, 11) is 0. The molecule has 4 bridgehead atoms. The molecule has 2 aromatic rings. The van der Waals surface area contributed by atoms with Crippen LogP contribution in [-0.4, -0.2) is 74.2 Å². The molecule has 0 amide bonds. The summed E-state index contributed by atoms with van der Waals surface area (Å²) in [4.78, 5) is 57.4. The number of aryl methyl sites for hydroxylation is 2. The number of rotatable bonds is 4. The molecule has 2 aromatic carbocycles. The standard InChI is InChI=1S/C24H28N4O2.4C5H8O2.2Ho/c1-17-9-19-13-25-5-3-7-27-15-21-11-18(2)12-22(24(21)30)16-28-8-4-6-26-14-20(10-17)23(19)29;4*1-4(6)3-5(2)7;;/h9-16,29-30H,3-8H2,1-2H3;4*3,6H,1-2H3;;/q;;;;;2*+3/p-6/b;4*4-3-;;. The number of carbonyl (C=O) groups is 4. The normalized spacial score (nSPS) is 13.0. The van der Waals surface area contributed by atoms with E-state index >= 15 is 0 Å². The molecule has 0 unspecified atom stereocenters. The molecule has 1 aliphatic heterocycles. The van der Waals surface area contributed by atoms with Gasteiger partial charge in [0.05, 0.1) is 0 Å². The van der Waals surface area contributed by atoms with E-state index in [9.17, 15) is 49.8 Å². The maximum atomic E-state index is 12.6. The average Bonchev–Trinajstić information content (AvgIpc) is 3.05. The minimum atomic E-state index is -0.187. The Morgan fingerprint density at radius 1 is 0.433 bits per heavy atom. The minimum absolute atomic E-state index is 0. The summed E-state index contributed by atoms with van der Waals surface area (Å²) in [5.74, 6) is -1.62. The predicted octanol–water partition coefficient (Wildman–Crippen LogP) is 1.98. The predicted molar refractivity (Wildman–Crippen MR) is 218 cm³/mol. The number of aliphatic imine (C=N–C) groups is 4. The van der Waals surface area contributed by atoms with Crippen molar-refractivity contribution >= 4 is 48.0 Å². The third-order valence-electron chi connectivity index (χ3n) is 6.28. The van der Waals surface area contributed by atoms with Crippen LogP contribution in [0.2, 0.25) is 0 Å². The molecule has 0 aromatic heterocycles. The number of ketones is 4. The van der Waals surface area contributed by atoms with Crippen LogP contribution in [0.3, 0.4) is 0 Å². The second-order valence-corrected chi connectivity index (χ2v) is 12.9. The quantitative estimate of drug-likeness (QED) is 0.244. The fourth-order valence-electron chi connectivity index (χ4n) is 4.35. The molecular weight excluding hydrogens is 1070 g/mol. The van der Waals surface area contributed by atoms with Gasteiger partial charge in [-0.1, -0.05) is 63.5 Å². The molecule has 14 nitrogen and oxygen atoms in total. The summed E-state index contributed by atoms with van der Waals surface area (Å²) in [5, 5.41) is 65.1. The molecule has 1 aliphatic rings. The van der Waals surface area contributed by atoms with Gasteiger partial charge < -0.3 is 30.6 Å². The molecule has 0 saturated heterocycles. The summed E-state index contributed by atoms with van der Waals surface area (Å²) < 4.78 is 0. The second kappa shape index (κ2) is 36.9. The molecule has 332 valence electrons. The van der Waals surface area contributed by atoms with Crippen LogP contribution in [0.5, 0.6) is 11.5 Å². The Bertz CT molecular complexity index is 1650. The van der Waals surface area contributed by atoms with Crippen molar-refractivity contribution in [3.05, 3.63) is 105 Å². The van der Waals surface area contributed by atoms with E-state index in [-0.39, 0.29) is 133 Å². The van der Waals surface area contributed by atoms with Gasteiger partial charge in [0.1, 0.15) is 0 Å². The fraction of sp³-hybridized carbons (Fsp3) is 0.364. The van der Waals surface area contributed by atoms with E-state index in [2.05, 4.69) is 20.0 Å². The van der Waals surface area contributed by atoms with Gasteiger partial charge in [0.25, 0.3) is 0 Å². The minimum Gasteiger partial charge on any atom is -0.876 e. The van der Waals surface area contributed by atoms with Crippen LogP contribution in [0.25, 0.3) is 0 Å². The van der Waals surface area contributed by atoms with Crippen LogP contribution in [-0.2, 0) is 19.2 Å². The topological polar surface area (TPSA) is 256 Å². The van der Waals surface area contributed by atoms with Crippen molar-refractivity contribution in [2.75, 3.05) is 26.2 Å². The molecule has 1 heterocycles. The second-order valence-electron chi connectivity index (χ2n) is 12.9. The smallest absolute Gasteiger partial charge is 0.876 e. The Balaban J connectivity index is -0.000000425. The monoisotopic (exact) mass is 1130 g/mol. The maximum Gasteiger partial charge on any atom is 3.00 e. The first-order chi connectivity index (χ1) is 27.0. The summed E-state index contributed by atoms with van der Waals surface area (Å²) in [6, 6.07) is 7.36. The van der Waals surface area contributed by atoms with Gasteiger partial charge in [-0.05, 0) is 112 Å². The molecule has 0 atom stereocenters.